The first-order valence-corrected chi connectivity index (χ1v) is 12.7. The highest BCUT2D eigenvalue weighted by atomic mass is 35.5. The molecule has 36 heavy (non-hydrogen) atoms. The number of piperidine rings is 1. The Balaban J connectivity index is 1.35. The van der Waals surface area contributed by atoms with Gasteiger partial charge in [-0.15, -0.1) is 0 Å². The molecule has 3 atom stereocenters. The molecule has 11 heteroatoms. The first-order chi connectivity index (χ1) is 17.3. The van der Waals surface area contributed by atoms with Crippen molar-refractivity contribution < 1.29 is 17.9 Å². The van der Waals surface area contributed by atoms with E-state index < -0.39 is 12.6 Å². The summed E-state index contributed by atoms with van der Waals surface area (Å²) in [5.74, 6) is 0.690. The predicted octanol–water partition coefficient (Wildman–Crippen LogP) is 5.63. The van der Waals surface area contributed by atoms with Crippen LogP contribution in [0.1, 0.15) is 36.5 Å². The van der Waals surface area contributed by atoms with E-state index >= 15 is 0 Å². The zero-order chi connectivity index (χ0) is 25.3. The first kappa shape index (κ1) is 25.3. The molecule has 1 aromatic heterocycles. The smallest absolute Gasteiger partial charge is 0.390 e. The second-order valence-corrected chi connectivity index (χ2v) is 10.1. The highest BCUT2D eigenvalue weighted by molar-refractivity contribution is 6.35. The highest BCUT2D eigenvalue weighted by Gasteiger charge is 2.41. The number of benzene rings is 2. The Bertz CT molecular complexity index is 1170. The van der Waals surface area contributed by atoms with Gasteiger partial charge in [-0.25, -0.2) is 9.67 Å². The van der Waals surface area contributed by atoms with Gasteiger partial charge in [0.05, 0.1) is 18.2 Å². The number of hydrogen-bond acceptors (Lipinski definition) is 5. The summed E-state index contributed by atoms with van der Waals surface area (Å²) < 4.78 is 46.1. The fraction of sp³-hybridized carbons (Fsp3) is 0.440. The van der Waals surface area contributed by atoms with Gasteiger partial charge in [-0.1, -0.05) is 23.2 Å². The first-order valence-electron chi connectivity index (χ1n) is 11.9. The topological polar surface area (TPSA) is 55.2 Å². The summed E-state index contributed by atoms with van der Waals surface area (Å²) in [4.78, 5) is 6.29. The van der Waals surface area contributed by atoms with Crippen molar-refractivity contribution in [1.82, 2.24) is 25.0 Å². The van der Waals surface area contributed by atoms with Crippen LogP contribution in [0.2, 0.25) is 10.0 Å². The number of ether oxygens (including phenoxy) is 1. The van der Waals surface area contributed by atoms with E-state index in [9.17, 15) is 13.2 Å². The number of nitrogens with one attached hydrogen (secondary N) is 1. The maximum Gasteiger partial charge on any atom is 0.390 e. The molecule has 2 heterocycles. The molecule has 0 spiro atoms. The van der Waals surface area contributed by atoms with Gasteiger partial charge in [0.2, 0.25) is 0 Å². The van der Waals surface area contributed by atoms with Gasteiger partial charge < -0.3 is 10.1 Å². The van der Waals surface area contributed by atoms with E-state index in [1.165, 1.54) is 6.33 Å². The predicted molar refractivity (Wildman–Crippen MR) is 132 cm³/mol. The van der Waals surface area contributed by atoms with Crippen molar-refractivity contribution in [2.24, 2.45) is 0 Å². The lowest BCUT2D eigenvalue weighted by Crippen LogP contribution is -2.51. The van der Waals surface area contributed by atoms with Crippen molar-refractivity contribution in [2.45, 2.75) is 50.0 Å². The monoisotopic (exact) mass is 539 g/mol. The van der Waals surface area contributed by atoms with E-state index in [1.807, 2.05) is 30.3 Å². The van der Waals surface area contributed by atoms with Gasteiger partial charge >= 0.3 is 6.18 Å². The number of rotatable bonds is 7. The summed E-state index contributed by atoms with van der Waals surface area (Å²) in [6.45, 7) is 1.41. The molecule has 1 aliphatic carbocycles. The third-order valence-electron chi connectivity index (χ3n) is 6.81. The van der Waals surface area contributed by atoms with Crippen LogP contribution in [0.3, 0.4) is 0 Å². The number of hydrogen-bond donors (Lipinski definition) is 1. The molecular formula is C25H26Cl2F3N5O. The van der Waals surface area contributed by atoms with Crippen LogP contribution in [-0.2, 0) is 6.42 Å². The number of aromatic nitrogens is 3. The summed E-state index contributed by atoms with van der Waals surface area (Å²) in [5.41, 5.74) is 2.81. The Morgan fingerprint density at radius 1 is 1.14 bits per heavy atom. The largest absolute Gasteiger partial charge is 0.484 e. The van der Waals surface area contributed by atoms with E-state index in [2.05, 4.69) is 20.3 Å². The minimum atomic E-state index is -4.16. The molecule has 5 rings (SSSR count). The van der Waals surface area contributed by atoms with Crippen LogP contribution in [-0.4, -0.2) is 57.6 Å². The molecule has 0 bridgehead atoms. The van der Waals surface area contributed by atoms with Crippen LogP contribution in [0.15, 0.2) is 49.1 Å². The van der Waals surface area contributed by atoms with Crippen molar-refractivity contribution in [1.29, 1.82) is 0 Å². The summed E-state index contributed by atoms with van der Waals surface area (Å²) in [6.07, 6.45) is 0.209. The van der Waals surface area contributed by atoms with Crippen LogP contribution in [0, 0.1) is 0 Å². The molecular weight excluding hydrogens is 514 g/mol. The molecule has 1 aliphatic heterocycles. The van der Waals surface area contributed by atoms with E-state index in [0.29, 0.717) is 28.8 Å². The third kappa shape index (κ3) is 5.80. The SMILES string of the molecule is FC(F)(F)CCN[C@@H]1CCCN([C@H]2Cc3c(Cl)cc(Cl)cc3[C@@H]2Oc2ccc(-n3cncn3)cc2)C1. The number of fused-ring (bicyclic) bond motifs is 1. The Morgan fingerprint density at radius 2 is 1.94 bits per heavy atom. The standard InChI is InChI=1S/C25H26Cl2F3N5O/c26-16-10-21-20(22(27)11-16)12-23(34-9-1-2-17(13-34)32-8-7-25(28,29)30)24(21)36-19-5-3-18(4-6-19)35-15-31-14-33-35/h3-6,10-11,14-15,17,23-24,32H,1-2,7-9,12-13H2/t17-,23+,24+/m1/s1. The van der Waals surface area contributed by atoms with Gasteiger partial charge in [0.25, 0.3) is 0 Å². The maximum atomic E-state index is 12.6. The summed E-state index contributed by atoms with van der Waals surface area (Å²) in [6, 6.07) is 11.2. The van der Waals surface area contributed by atoms with E-state index in [-0.39, 0.29) is 24.7 Å². The second kappa shape index (κ2) is 10.6. The molecule has 0 amide bonds. The van der Waals surface area contributed by atoms with E-state index in [0.717, 1.165) is 36.2 Å². The van der Waals surface area contributed by atoms with E-state index in [1.54, 1.807) is 17.1 Å². The minimum Gasteiger partial charge on any atom is -0.484 e. The number of likely N-dealkylation sites (tertiary alicyclic amines) is 1. The van der Waals surface area contributed by atoms with Gasteiger partial charge in [-0.05, 0) is 67.8 Å². The molecule has 0 unspecified atom stereocenters. The van der Waals surface area contributed by atoms with E-state index in [4.69, 9.17) is 27.9 Å². The Labute approximate surface area is 217 Å². The van der Waals surface area contributed by atoms with Gasteiger partial charge in [-0.2, -0.15) is 18.3 Å². The molecule has 192 valence electrons. The van der Waals surface area contributed by atoms with Crippen molar-refractivity contribution in [3.63, 3.8) is 0 Å². The molecule has 0 saturated carbocycles. The van der Waals surface area contributed by atoms with Crippen LogP contribution in [0.5, 0.6) is 5.75 Å². The zero-order valence-electron chi connectivity index (χ0n) is 19.4. The fourth-order valence-electron chi connectivity index (χ4n) is 5.14. The molecule has 1 fully saturated rings. The molecule has 1 saturated heterocycles. The summed E-state index contributed by atoms with van der Waals surface area (Å²) in [7, 11) is 0. The van der Waals surface area contributed by atoms with Crippen LogP contribution in [0.4, 0.5) is 13.2 Å². The third-order valence-corrected chi connectivity index (χ3v) is 7.37. The quantitative estimate of drug-likeness (QED) is 0.422. The Hall–Kier alpha value is -2.33. The van der Waals surface area contributed by atoms with Crippen LogP contribution < -0.4 is 10.1 Å². The molecule has 3 aromatic rings. The van der Waals surface area contributed by atoms with Gasteiger partial charge in [0.1, 0.15) is 24.5 Å². The van der Waals surface area contributed by atoms with Crippen LogP contribution in [0.25, 0.3) is 5.69 Å². The highest BCUT2D eigenvalue weighted by Crippen LogP contribution is 2.43. The average molecular weight is 540 g/mol. The van der Waals surface area contributed by atoms with Crippen molar-refractivity contribution >= 4 is 23.2 Å². The van der Waals surface area contributed by atoms with Gasteiger partial charge in [-0.3, -0.25) is 4.90 Å². The lowest BCUT2D eigenvalue weighted by atomic mass is 10.0. The normalized spacial score (nSPS) is 22.5. The molecule has 2 aromatic carbocycles. The maximum absolute atomic E-state index is 12.6. The number of nitrogens with zero attached hydrogens (tertiary/aromatic N) is 4. The minimum absolute atomic E-state index is 0.00788. The lowest BCUT2D eigenvalue weighted by molar-refractivity contribution is -0.133. The van der Waals surface area contributed by atoms with Crippen molar-refractivity contribution in [3.8, 4) is 11.4 Å². The molecule has 0 radical (unpaired) electrons. The number of alkyl halides is 3. The average Bonchev–Trinajstić information content (AvgIpc) is 3.48. The Morgan fingerprint density at radius 3 is 2.67 bits per heavy atom. The summed E-state index contributed by atoms with van der Waals surface area (Å²) >= 11 is 12.9. The fourth-order valence-corrected chi connectivity index (χ4v) is 5.72. The second-order valence-electron chi connectivity index (χ2n) is 9.25. The zero-order valence-corrected chi connectivity index (χ0v) is 20.9. The molecule has 1 N–H and O–H groups in total. The van der Waals surface area contributed by atoms with Crippen molar-refractivity contribution in [2.75, 3.05) is 19.6 Å². The molecule has 2 aliphatic rings. The molecule has 6 nitrogen and oxygen atoms in total. The Kier molecular flexibility index (Phi) is 7.44. The van der Waals surface area contributed by atoms with Gasteiger partial charge in [0.15, 0.2) is 0 Å². The van der Waals surface area contributed by atoms with Crippen LogP contribution >= 0.6 is 23.2 Å². The van der Waals surface area contributed by atoms with Crippen molar-refractivity contribution in [3.05, 3.63) is 70.2 Å². The van der Waals surface area contributed by atoms with Gasteiger partial charge in [0, 0.05) is 34.7 Å². The number of halogens is 5. The lowest BCUT2D eigenvalue weighted by Gasteiger charge is -2.39. The summed E-state index contributed by atoms with van der Waals surface area (Å²) in [5, 5.41) is 8.38.